The third-order valence-electron chi connectivity index (χ3n) is 3.24. The zero-order valence-corrected chi connectivity index (χ0v) is 12.2. The molecule has 0 saturated carbocycles. The fraction of sp³-hybridized carbons (Fsp3) is 0.176. The molecule has 4 nitrogen and oxygen atoms in total. The Morgan fingerprint density at radius 1 is 1.14 bits per heavy atom. The summed E-state index contributed by atoms with van der Waals surface area (Å²) in [4.78, 5) is 24.1. The summed E-state index contributed by atoms with van der Waals surface area (Å²) in [5.41, 5.74) is 0.779. The molecule has 0 saturated heterocycles. The van der Waals surface area contributed by atoms with Gasteiger partial charge in [0.2, 0.25) is 5.78 Å². The van der Waals surface area contributed by atoms with E-state index in [1.54, 1.807) is 19.1 Å². The molecule has 2 aromatic rings. The standard InChI is InChI=1S/C17H15FO4/c1-10-4-3-5-14(15(10)19)17(21)22-11(2)16(20)12-6-8-13(18)9-7-12/h3-9,11,19H,1-2H3. The van der Waals surface area contributed by atoms with Crippen LogP contribution in [0.5, 0.6) is 5.75 Å². The summed E-state index contributed by atoms with van der Waals surface area (Å²) >= 11 is 0. The first kappa shape index (κ1) is 15.7. The number of aromatic hydroxyl groups is 1. The number of hydrogen-bond donors (Lipinski definition) is 1. The Kier molecular flexibility index (Phi) is 4.56. The van der Waals surface area contributed by atoms with Crippen LogP contribution in [0.1, 0.15) is 33.2 Å². The number of aryl methyl sites for hydroxylation is 1. The normalized spacial score (nSPS) is 11.8. The number of esters is 1. The highest BCUT2D eigenvalue weighted by Crippen LogP contribution is 2.23. The van der Waals surface area contributed by atoms with E-state index in [1.165, 1.54) is 25.1 Å². The monoisotopic (exact) mass is 302 g/mol. The van der Waals surface area contributed by atoms with Crippen LogP contribution in [-0.2, 0) is 4.74 Å². The lowest BCUT2D eigenvalue weighted by atomic mass is 10.1. The molecule has 2 aromatic carbocycles. The van der Waals surface area contributed by atoms with Crippen molar-refractivity contribution in [3.63, 3.8) is 0 Å². The van der Waals surface area contributed by atoms with Crippen molar-refractivity contribution in [3.8, 4) is 5.75 Å². The Hall–Kier alpha value is -2.69. The van der Waals surface area contributed by atoms with Crippen LogP contribution >= 0.6 is 0 Å². The SMILES string of the molecule is Cc1cccc(C(=O)OC(C)C(=O)c2ccc(F)cc2)c1O. The van der Waals surface area contributed by atoms with E-state index in [4.69, 9.17) is 4.74 Å². The third kappa shape index (κ3) is 3.31. The smallest absolute Gasteiger partial charge is 0.342 e. The summed E-state index contributed by atoms with van der Waals surface area (Å²) in [6, 6.07) is 9.65. The van der Waals surface area contributed by atoms with Gasteiger partial charge in [-0.3, -0.25) is 4.79 Å². The first-order valence-corrected chi connectivity index (χ1v) is 6.69. The van der Waals surface area contributed by atoms with Gasteiger partial charge >= 0.3 is 5.97 Å². The van der Waals surface area contributed by atoms with E-state index in [2.05, 4.69) is 0 Å². The maximum atomic E-state index is 12.8. The molecule has 2 rings (SSSR count). The van der Waals surface area contributed by atoms with Crippen molar-refractivity contribution >= 4 is 11.8 Å². The van der Waals surface area contributed by atoms with Crippen LogP contribution in [0.15, 0.2) is 42.5 Å². The number of phenolic OH excluding ortho intramolecular Hbond substituents is 1. The lowest BCUT2D eigenvalue weighted by molar-refractivity contribution is 0.0316. The van der Waals surface area contributed by atoms with E-state index in [0.29, 0.717) is 5.56 Å². The number of carbonyl (C=O) groups is 2. The summed E-state index contributed by atoms with van der Waals surface area (Å²) in [5.74, 6) is -1.86. The molecule has 22 heavy (non-hydrogen) atoms. The molecule has 0 spiro atoms. The Bertz CT molecular complexity index is 707. The number of benzene rings is 2. The summed E-state index contributed by atoms with van der Waals surface area (Å²) in [5, 5.41) is 9.84. The minimum Gasteiger partial charge on any atom is -0.507 e. The molecular formula is C17H15FO4. The van der Waals surface area contributed by atoms with E-state index in [9.17, 15) is 19.1 Å². The number of halogens is 1. The molecule has 0 aliphatic heterocycles. The van der Waals surface area contributed by atoms with Crippen molar-refractivity contribution in [1.29, 1.82) is 0 Å². The molecule has 0 fully saturated rings. The summed E-state index contributed by atoms with van der Waals surface area (Å²) in [7, 11) is 0. The van der Waals surface area contributed by atoms with Gasteiger partial charge in [-0.2, -0.15) is 0 Å². The molecule has 0 heterocycles. The van der Waals surface area contributed by atoms with Crippen molar-refractivity contribution < 1.29 is 23.8 Å². The largest absolute Gasteiger partial charge is 0.507 e. The topological polar surface area (TPSA) is 63.6 Å². The van der Waals surface area contributed by atoms with Crippen molar-refractivity contribution in [2.75, 3.05) is 0 Å². The molecular weight excluding hydrogens is 287 g/mol. The number of Topliss-reactive ketones (excluding diaryl/α,β-unsaturated/α-hetero) is 1. The van der Waals surface area contributed by atoms with Crippen LogP contribution < -0.4 is 0 Å². The molecule has 5 heteroatoms. The molecule has 1 unspecified atom stereocenters. The molecule has 1 N–H and O–H groups in total. The van der Waals surface area contributed by atoms with E-state index >= 15 is 0 Å². The molecule has 0 bridgehead atoms. The van der Waals surface area contributed by atoms with Gasteiger partial charge in [-0.1, -0.05) is 12.1 Å². The lowest BCUT2D eigenvalue weighted by Crippen LogP contribution is -2.24. The highest BCUT2D eigenvalue weighted by molar-refractivity contribution is 6.01. The predicted molar refractivity (Wildman–Crippen MR) is 78.5 cm³/mol. The van der Waals surface area contributed by atoms with E-state index < -0.39 is 23.7 Å². The quantitative estimate of drug-likeness (QED) is 0.695. The zero-order valence-electron chi connectivity index (χ0n) is 12.2. The predicted octanol–water partition coefficient (Wildman–Crippen LogP) is 3.27. The van der Waals surface area contributed by atoms with E-state index in [-0.39, 0.29) is 16.9 Å². The first-order valence-electron chi connectivity index (χ1n) is 6.69. The maximum Gasteiger partial charge on any atom is 0.342 e. The molecule has 0 aromatic heterocycles. The second-order valence-electron chi connectivity index (χ2n) is 4.89. The minimum atomic E-state index is -1.04. The summed E-state index contributed by atoms with van der Waals surface area (Å²) in [6.45, 7) is 3.08. The van der Waals surface area contributed by atoms with E-state index in [1.807, 2.05) is 0 Å². The van der Waals surface area contributed by atoms with Gasteiger partial charge in [-0.25, -0.2) is 9.18 Å². The van der Waals surface area contributed by atoms with Crippen LogP contribution in [0.3, 0.4) is 0 Å². The van der Waals surface area contributed by atoms with Crippen molar-refractivity contribution in [3.05, 3.63) is 65.0 Å². The molecule has 0 aliphatic rings. The Morgan fingerprint density at radius 2 is 1.77 bits per heavy atom. The molecule has 0 radical (unpaired) electrons. The highest BCUT2D eigenvalue weighted by Gasteiger charge is 2.22. The second kappa shape index (κ2) is 6.39. The van der Waals surface area contributed by atoms with Gasteiger partial charge < -0.3 is 9.84 Å². The van der Waals surface area contributed by atoms with Crippen LogP contribution in [0, 0.1) is 12.7 Å². The molecule has 1 atom stereocenters. The third-order valence-corrected chi connectivity index (χ3v) is 3.24. The number of para-hydroxylation sites is 1. The first-order chi connectivity index (χ1) is 10.4. The Balaban J connectivity index is 2.12. The average molecular weight is 302 g/mol. The van der Waals surface area contributed by atoms with Gasteiger partial charge in [-0.15, -0.1) is 0 Å². The van der Waals surface area contributed by atoms with Crippen LogP contribution in [-0.4, -0.2) is 23.0 Å². The average Bonchev–Trinajstić information content (AvgIpc) is 2.50. The van der Waals surface area contributed by atoms with Crippen molar-refractivity contribution in [1.82, 2.24) is 0 Å². The maximum absolute atomic E-state index is 12.8. The molecule has 114 valence electrons. The van der Waals surface area contributed by atoms with Crippen LogP contribution in [0.25, 0.3) is 0 Å². The highest BCUT2D eigenvalue weighted by atomic mass is 19.1. The molecule has 0 aliphatic carbocycles. The second-order valence-corrected chi connectivity index (χ2v) is 4.89. The summed E-state index contributed by atoms with van der Waals surface area (Å²) < 4.78 is 17.9. The van der Waals surface area contributed by atoms with Gasteiger partial charge in [0.1, 0.15) is 17.1 Å². The number of carbonyl (C=O) groups excluding carboxylic acids is 2. The number of phenols is 1. The van der Waals surface area contributed by atoms with Gasteiger partial charge in [0.05, 0.1) is 0 Å². The lowest BCUT2D eigenvalue weighted by Gasteiger charge is -2.13. The van der Waals surface area contributed by atoms with Gasteiger partial charge in [0, 0.05) is 5.56 Å². The number of hydrogen-bond acceptors (Lipinski definition) is 4. The zero-order chi connectivity index (χ0) is 16.3. The van der Waals surface area contributed by atoms with E-state index in [0.717, 1.165) is 12.1 Å². The van der Waals surface area contributed by atoms with Crippen molar-refractivity contribution in [2.24, 2.45) is 0 Å². The number of ketones is 1. The number of rotatable bonds is 4. The van der Waals surface area contributed by atoms with Crippen LogP contribution in [0.2, 0.25) is 0 Å². The molecule has 0 amide bonds. The Labute approximate surface area is 127 Å². The minimum absolute atomic E-state index is 0.00115. The fourth-order valence-electron chi connectivity index (χ4n) is 1.95. The number of ether oxygens (including phenoxy) is 1. The van der Waals surface area contributed by atoms with Crippen molar-refractivity contribution in [2.45, 2.75) is 20.0 Å². The Morgan fingerprint density at radius 3 is 2.41 bits per heavy atom. The van der Waals surface area contributed by atoms with Gasteiger partial charge in [0.25, 0.3) is 0 Å². The summed E-state index contributed by atoms with van der Waals surface area (Å²) in [6.07, 6.45) is -1.04. The fourth-order valence-corrected chi connectivity index (χ4v) is 1.95. The van der Waals surface area contributed by atoms with Crippen LogP contribution in [0.4, 0.5) is 4.39 Å². The van der Waals surface area contributed by atoms with Gasteiger partial charge in [-0.05, 0) is 49.7 Å². The van der Waals surface area contributed by atoms with Gasteiger partial charge in [0.15, 0.2) is 6.10 Å².